The number of nitrogens with two attached hydrogens (primary N) is 1. The number of carbonyl (C=O) groups is 1. The molecule has 1 amide bonds. The van der Waals surface area contributed by atoms with Crippen LogP contribution in [0.3, 0.4) is 0 Å². The fourth-order valence-corrected chi connectivity index (χ4v) is 3.96. The molecule has 4 rings (SSSR count). The Bertz CT molecular complexity index is 714. The van der Waals surface area contributed by atoms with Gasteiger partial charge in [0, 0.05) is 29.8 Å². The summed E-state index contributed by atoms with van der Waals surface area (Å²) in [7, 11) is 0. The van der Waals surface area contributed by atoms with Gasteiger partial charge in [0.1, 0.15) is 11.9 Å². The van der Waals surface area contributed by atoms with Crippen LogP contribution in [0.4, 0.5) is 5.69 Å². The number of benzene rings is 2. The van der Waals surface area contributed by atoms with Crippen molar-refractivity contribution in [2.24, 2.45) is 5.92 Å². The lowest BCUT2D eigenvalue weighted by atomic mass is 9.87. The Labute approximate surface area is 142 Å². The third-order valence-corrected chi connectivity index (χ3v) is 5.21. The Hall–Kier alpha value is -2.49. The molecule has 124 valence electrons. The summed E-state index contributed by atoms with van der Waals surface area (Å²) >= 11 is 0. The number of nitrogen functional groups attached to an aromatic ring is 1. The number of ether oxygens (including phenoxy) is 1. The summed E-state index contributed by atoms with van der Waals surface area (Å²) in [5.74, 6) is 1.42. The summed E-state index contributed by atoms with van der Waals surface area (Å²) in [5, 5.41) is 0. The van der Waals surface area contributed by atoms with Crippen LogP contribution in [0.25, 0.3) is 0 Å². The second kappa shape index (κ2) is 6.19. The molecule has 3 atom stereocenters. The lowest BCUT2D eigenvalue weighted by molar-refractivity contribution is 0.0732. The van der Waals surface area contributed by atoms with Gasteiger partial charge in [0.2, 0.25) is 0 Å². The van der Waals surface area contributed by atoms with Gasteiger partial charge in [0.15, 0.2) is 0 Å². The van der Waals surface area contributed by atoms with Crippen LogP contribution >= 0.6 is 0 Å². The van der Waals surface area contributed by atoms with E-state index in [0.717, 1.165) is 42.8 Å². The van der Waals surface area contributed by atoms with E-state index in [4.69, 9.17) is 10.5 Å². The van der Waals surface area contributed by atoms with E-state index in [2.05, 4.69) is 0 Å². The first-order valence-electron chi connectivity index (χ1n) is 8.59. The Kier molecular flexibility index (Phi) is 3.89. The van der Waals surface area contributed by atoms with Crippen molar-refractivity contribution in [1.29, 1.82) is 0 Å². The zero-order chi connectivity index (χ0) is 16.5. The molecule has 1 aliphatic carbocycles. The average molecular weight is 322 g/mol. The average Bonchev–Trinajstić information content (AvgIpc) is 2.97. The van der Waals surface area contributed by atoms with Crippen LogP contribution in [0.1, 0.15) is 29.6 Å². The second-order valence-electron chi connectivity index (χ2n) is 6.78. The van der Waals surface area contributed by atoms with Gasteiger partial charge < -0.3 is 15.4 Å². The summed E-state index contributed by atoms with van der Waals surface area (Å²) in [4.78, 5) is 14.8. The van der Waals surface area contributed by atoms with Crippen LogP contribution < -0.4 is 10.5 Å². The van der Waals surface area contributed by atoms with Crippen molar-refractivity contribution in [2.45, 2.75) is 31.4 Å². The largest absolute Gasteiger partial charge is 0.490 e. The predicted molar refractivity (Wildman–Crippen MR) is 93.9 cm³/mol. The number of carbonyl (C=O) groups excluding carboxylic acids is 1. The minimum atomic E-state index is 0.149. The molecule has 2 bridgehead atoms. The van der Waals surface area contributed by atoms with Gasteiger partial charge in [-0.15, -0.1) is 0 Å². The highest BCUT2D eigenvalue weighted by Gasteiger charge is 2.43. The zero-order valence-electron chi connectivity index (χ0n) is 13.6. The molecule has 0 spiro atoms. The molecule has 1 saturated carbocycles. The first-order chi connectivity index (χ1) is 11.7. The van der Waals surface area contributed by atoms with E-state index >= 15 is 0 Å². The Morgan fingerprint density at radius 3 is 2.54 bits per heavy atom. The van der Waals surface area contributed by atoms with Gasteiger partial charge in [0.05, 0.1) is 0 Å². The van der Waals surface area contributed by atoms with Crippen LogP contribution in [-0.4, -0.2) is 29.5 Å². The topological polar surface area (TPSA) is 55.6 Å². The van der Waals surface area contributed by atoms with Crippen molar-refractivity contribution in [1.82, 2.24) is 4.90 Å². The monoisotopic (exact) mass is 322 g/mol. The third-order valence-electron chi connectivity index (χ3n) is 5.21. The van der Waals surface area contributed by atoms with Crippen molar-refractivity contribution in [2.75, 3.05) is 12.3 Å². The van der Waals surface area contributed by atoms with Crippen LogP contribution in [0, 0.1) is 5.92 Å². The molecule has 2 fully saturated rings. The van der Waals surface area contributed by atoms with E-state index in [9.17, 15) is 4.79 Å². The Morgan fingerprint density at radius 2 is 1.79 bits per heavy atom. The predicted octanol–water partition coefficient (Wildman–Crippen LogP) is 3.34. The van der Waals surface area contributed by atoms with Crippen LogP contribution in [0.15, 0.2) is 54.6 Å². The molecule has 1 heterocycles. The minimum Gasteiger partial charge on any atom is -0.490 e. The number of anilines is 1. The smallest absolute Gasteiger partial charge is 0.254 e. The summed E-state index contributed by atoms with van der Waals surface area (Å²) in [6.45, 7) is 0.790. The molecular formula is C20H22N2O2. The van der Waals surface area contributed by atoms with E-state index in [0.29, 0.717) is 12.0 Å². The second-order valence-corrected chi connectivity index (χ2v) is 6.78. The number of hydrogen-bond donors (Lipinski definition) is 1. The van der Waals surface area contributed by atoms with Crippen LogP contribution in [0.2, 0.25) is 0 Å². The molecule has 2 aromatic rings. The number of rotatable bonds is 3. The molecule has 2 aliphatic rings. The van der Waals surface area contributed by atoms with Gasteiger partial charge >= 0.3 is 0 Å². The van der Waals surface area contributed by atoms with Crippen molar-refractivity contribution in [3.8, 4) is 5.75 Å². The summed E-state index contributed by atoms with van der Waals surface area (Å²) < 4.78 is 6.18. The maximum Gasteiger partial charge on any atom is 0.254 e. The van der Waals surface area contributed by atoms with Crippen LogP contribution in [-0.2, 0) is 0 Å². The molecule has 2 N–H and O–H groups in total. The summed E-state index contributed by atoms with van der Waals surface area (Å²) in [6, 6.07) is 17.5. The number of fused-ring (bicyclic) bond motifs is 2. The molecule has 1 aliphatic heterocycles. The maximum absolute atomic E-state index is 12.8. The van der Waals surface area contributed by atoms with Crippen molar-refractivity contribution < 1.29 is 9.53 Å². The highest BCUT2D eigenvalue weighted by Crippen LogP contribution is 2.38. The first-order valence-corrected chi connectivity index (χ1v) is 8.59. The first kappa shape index (κ1) is 15.1. The van der Waals surface area contributed by atoms with Crippen molar-refractivity contribution in [3.05, 3.63) is 60.2 Å². The lowest BCUT2D eigenvalue weighted by Crippen LogP contribution is -2.35. The van der Waals surface area contributed by atoms with E-state index in [-0.39, 0.29) is 12.0 Å². The SMILES string of the molecule is Nc1ccc(OC2CCC3CC2CN3C(=O)c2ccccc2)cc1. The fourth-order valence-electron chi connectivity index (χ4n) is 3.96. The van der Waals surface area contributed by atoms with Gasteiger partial charge in [-0.05, 0) is 55.7 Å². The van der Waals surface area contributed by atoms with Crippen LogP contribution in [0.5, 0.6) is 5.75 Å². The van der Waals surface area contributed by atoms with E-state index in [1.165, 1.54) is 0 Å². The van der Waals surface area contributed by atoms with Gasteiger partial charge in [-0.1, -0.05) is 18.2 Å². The van der Waals surface area contributed by atoms with Crippen molar-refractivity contribution in [3.63, 3.8) is 0 Å². The highest BCUT2D eigenvalue weighted by molar-refractivity contribution is 5.94. The fraction of sp³-hybridized carbons (Fsp3) is 0.350. The normalized spacial score (nSPS) is 25.5. The number of nitrogens with zero attached hydrogens (tertiary/aromatic N) is 1. The molecule has 0 aromatic heterocycles. The highest BCUT2D eigenvalue weighted by atomic mass is 16.5. The molecule has 3 unspecified atom stereocenters. The molecule has 24 heavy (non-hydrogen) atoms. The molecule has 2 aromatic carbocycles. The van der Waals surface area contributed by atoms with Gasteiger partial charge in [-0.3, -0.25) is 4.79 Å². The lowest BCUT2D eigenvalue weighted by Gasteiger charge is -2.29. The van der Waals surface area contributed by atoms with E-state index < -0.39 is 0 Å². The molecule has 1 saturated heterocycles. The van der Waals surface area contributed by atoms with Gasteiger partial charge in [-0.2, -0.15) is 0 Å². The maximum atomic E-state index is 12.8. The van der Waals surface area contributed by atoms with E-state index in [1.807, 2.05) is 59.5 Å². The summed E-state index contributed by atoms with van der Waals surface area (Å²) in [5.41, 5.74) is 7.25. The summed E-state index contributed by atoms with van der Waals surface area (Å²) in [6.07, 6.45) is 3.23. The van der Waals surface area contributed by atoms with Crippen molar-refractivity contribution >= 4 is 11.6 Å². The van der Waals surface area contributed by atoms with Gasteiger partial charge in [0.25, 0.3) is 5.91 Å². The standard InChI is InChI=1S/C20H22N2O2/c21-16-6-9-18(10-7-16)24-19-11-8-17-12-15(19)13-22(17)20(23)14-4-2-1-3-5-14/h1-7,9-10,15,17,19H,8,11-13,21H2. The quantitative estimate of drug-likeness (QED) is 0.882. The number of likely N-dealkylation sites (tertiary alicyclic amines) is 1. The number of amides is 1. The van der Waals surface area contributed by atoms with E-state index in [1.54, 1.807) is 0 Å². The zero-order valence-corrected chi connectivity index (χ0v) is 13.6. The number of hydrogen-bond acceptors (Lipinski definition) is 3. The van der Waals surface area contributed by atoms with Gasteiger partial charge in [-0.25, -0.2) is 0 Å². The minimum absolute atomic E-state index is 0.149. The Morgan fingerprint density at radius 1 is 1.04 bits per heavy atom. The third kappa shape index (κ3) is 2.84. The Balaban J connectivity index is 1.45. The molecule has 0 radical (unpaired) electrons. The molecule has 4 nitrogen and oxygen atoms in total. The molecule has 4 heteroatoms. The molecular weight excluding hydrogens is 300 g/mol.